The lowest BCUT2D eigenvalue weighted by Gasteiger charge is -2.27. The average Bonchev–Trinajstić information content (AvgIpc) is 3.83. The van der Waals surface area contributed by atoms with Gasteiger partial charge >= 0.3 is 12.1 Å². The van der Waals surface area contributed by atoms with Crippen molar-refractivity contribution in [2.75, 3.05) is 0 Å². The summed E-state index contributed by atoms with van der Waals surface area (Å²) in [6, 6.07) is 9.59. The van der Waals surface area contributed by atoms with Crippen molar-refractivity contribution in [2.24, 2.45) is 0 Å². The topological polar surface area (TPSA) is 97.6 Å². The van der Waals surface area contributed by atoms with E-state index in [1.54, 1.807) is 18.2 Å². The van der Waals surface area contributed by atoms with E-state index >= 15 is 8.78 Å². The van der Waals surface area contributed by atoms with Gasteiger partial charge in [0.05, 0.1) is 18.0 Å². The molecule has 2 atom stereocenters. The molecule has 2 aliphatic rings. The fourth-order valence-electron chi connectivity index (χ4n) is 5.90. The van der Waals surface area contributed by atoms with E-state index in [0.29, 0.717) is 51.5 Å². The minimum absolute atomic E-state index is 0.120. The molecule has 1 aromatic heterocycles. The van der Waals surface area contributed by atoms with Crippen LogP contribution in [0.2, 0.25) is 0 Å². The molecule has 4 aromatic rings. The Morgan fingerprint density at radius 2 is 1.74 bits per heavy atom. The highest BCUT2D eigenvalue weighted by Crippen LogP contribution is 2.46. The zero-order valence-electron chi connectivity index (χ0n) is 24.3. The van der Waals surface area contributed by atoms with Crippen LogP contribution in [0, 0.1) is 18.6 Å². The predicted octanol–water partition coefficient (Wildman–Crippen LogP) is 6.81. The number of amides is 1. The fourth-order valence-corrected chi connectivity index (χ4v) is 5.90. The van der Waals surface area contributed by atoms with Crippen LogP contribution in [0.25, 0.3) is 11.1 Å². The molecule has 6 rings (SSSR count). The quantitative estimate of drug-likeness (QED) is 0.240. The van der Waals surface area contributed by atoms with Gasteiger partial charge in [-0.1, -0.05) is 18.2 Å². The van der Waals surface area contributed by atoms with Gasteiger partial charge in [-0.2, -0.15) is 13.2 Å². The van der Waals surface area contributed by atoms with E-state index in [1.165, 1.54) is 18.2 Å². The van der Waals surface area contributed by atoms with Crippen molar-refractivity contribution in [3.05, 3.63) is 122 Å². The first-order valence-electron chi connectivity index (χ1n) is 14.5. The molecule has 0 radical (unpaired) electrons. The third kappa shape index (κ3) is 5.99. The number of nitrogens with zero attached hydrogens (tertiary/aromatic N) is 1. The van der Waals surface area contributed by atoms with Crippen LogP contribution in [-0.4, -0.2) is 21.6 Å². The number of aliphatic carboxylic acids is 1. The Hall–Kier alpha value is -5.00. The molecule has 4 bridgehead atoms. The number of carboxylic acid groups (broad SMARTS) is 1. The molecule has 46 heavy (non-hydrogen) atoms. The lowest BCUT2D eigenvalue weighted by molar-refractivity contribution is -0.138. The molecule has 0 spiro atoms. The van der Waals surface area contributed by atoms with E-state index in [9.17, 15) is 32.7 Å². The van der Waals surface area contributed by atoms with E-state index in [-0.39, 0.29) is 29.7 Å². The second-order valence-electron chi connectivity index (χ2n) is 11.6. The van der Waals surface area contributed by atoms with Crippen molar-refractivity contribution in [1.29, 1.82) is 0 Å². The Kier molecular flexibility index (Phi) is 7.91. The summed E-state index contributed by atoms with van der Waals surface area (Å²) in [6.07, 6.45) is -3.52. The van der Waals surface area contributed by atoms with Crippen LogP contribution in [0.5, 0.6) is 5.75 Å². The molecule has 12 heteroatoms. The molecule has 7 nitrogen and oxygen atoms in total. The summed E-state index contributed by atoms with van der Waals surface area (Å²) in [5.41, 5.74) is -0.419. The van der Waals surface area contributed by atoms with Crippen molar-refractivity contribution >= 4 is 11.9 Å². The number of ether oxygens (including phenoxy) is 1. The summed E-state index contributed by atoms with van der Waals surface area (Å²) in [6.45, 7) is 1.72. The first-order chi connectivity index (χ1) is 21.8. The van der Waals surface area contributed by atoms with Crippen LogP contribution in [0.4, 0.5) is 22.0 Å². The zero-order valence-corrected chi connectivity index (χ0v) is 24.3. The standard InChI is InChI=1S/C34H27F5N2O5/c1-17-3-2-4-27-30(17)20-12-22(19-6-7-19)31(36)24(13-20)26(15-29(43)44)40-33(45)32(23-11-18(16-46-27)5-8-25(23)35)41-10-9-21(14-28(41)42)34(37,38)39/h2-5,8-14,19,26,32H,6-7,15-16H2,1H3,(H,40,45)(H,43,44)/t26-,32-/m0/s1. The SMILES string of the molecule is Cc1cccc2c1-c1cc(C3CC3)c(F)c(c1)[C@H](CC(=O)O)NC(=O)[C@@H](n1ccc(C(F)(F)F)cc1=O)c1cc(ccc1F)CO2. The maximum absolute atomic E-state index is 16.2. The van der Waals surface area contributed by atoms with Gasteiger partial charge in [-0.3, -0.25) is 19.0 Å². The van der Waals surface area contributed by atoms with Gasteiger partial charge in [-0.15, -0.1) is 0 Å². The van der Waals surface area contributed by atoms with Gasteiger partial charge in [0.15, 0.2) is 0 Å². The van der Waals surface area contributed by atoms with Crippen LogP contribution in [0.1, 0.15) is 70.6 Å². The summed E-state index contributed by atoms with van der Waals surface area (Å²) in [5.74, 6) is -3.90. The van der Waals surface area contributed by atoms with E-state index < -0.39 is 59.3 Å². The predicted molar refractivity (Wildman–Crippen MR) is 156 cm³/mol. The number of carbonyl (C=O) groups excluding carboxylic acids is 1. The van der Waals surface area contributed by atoms with Crippen molar-refractivity contribution in [3.8, 4) is 16.9 Å². The molecule has 1 aliphatic heterocycles. The Bertz CT molecular complexity index is 1930. The van der Waals surface area contributed by atoms with Crippen molar-refractivity contribution in [2.45, 2.75) is 57.0 Å². The van der Waals surface area contributed by atoms with E-state index in [0.717, 1.165) is 17.8 Å². The molecule has 1 fully saturated rings. The van der Waals surface area contributed by atoms with Gasteiger partial charge in [0, 0.05) is 29.0 Å². The number of benzene rings is 3. The van der Waals surface area contributed by atoms with Gasteiger partial charge in [-0.05, 0) is 84.3 Å². The van der Waals surface area contributed by atoms with Crippen molar-refractivity contribution < 1.29 is 41.4 Å². The molecule has 2 heterocycles. The summed E-state index contributed by atoms with van der Waals surface area (Å²) < 4.78 is 78.6. The zero-order chi connectivity index (χ0) is 32.9. The number of pyridine rings is 1. The molecule has 3 aromatic carbocycles. The molecule has 0 unspecified atom stereocenters. The molecular weight excluding hydrogens is 611 g/mol. The third-order valence-electron chi connectivity index (χ3n) is 8.29. The lowest BCUT2D eigenvalue weighted by atomic mass is 9.90. The summed E-state index contributed by atoms with van der Waals surface area (Å²) in [4.78, 5) is 39.2. The number of nitrogens with one attached hydrogen (secondary N) is 1. The van der Waals surface area contributed by atoms with Gasteiger partial charge in [0.1, 0.15) is 30.0 Å². The third-order valence-corrected chi connectivity index (χ3v) is 8.29. The first-order valence-corrected chi connectivity index (χ1v) is 14.5. The number of aryl methyl sites for hydroxylation is 1. The average molecular weight is 639 g/mol. The van der Waals surface area contributed by atoms with Gasteiger partial charge in [0.25, 0.3) is 5.56 Å². The van der Waals surface area contributed by atoms with Crippen LogP contribution in [-0.2, 0) is 22.4 Å². The number of hydrogen-bond acceptors (Lipinski definition) is 4. The van der Waals surface area contributed by atoms with Crippen molar-refractivity contribution in [1.82, 2.24) is 9.88 Å². The summed E-state index contributed by atoms with van der Waals surface area (Å²) in [7, 11) is 0. The first kappa shape index (κ1) is 31.0. The van der Waals surface area contributed by atoms with Crippen LogP contribution in [0.15, 0.2) is 71.7 Å². The Morgan fingerprint density at radius 1 is 1.00 bits per heavy atom. The van der Waals surface area contributed by atoms with Gasteiger partial charge in [0.2, 0.25) is 5.91 Å². The Labute approximate surface area is 259 Å². The van der Waals surface area contributed by atoms with E-state index in [1.807, 2.05) is 13.0 Å². The Balaban J connectivity index is 1.60. The molecule has 0 saturated heterocycles. The monoisotopic (exact) mass is 638 g/mol. The number of rotatable bonds is 4. The number of alkyl halides is 3. The maximum atomic E-state index is 16.2. The molecule has 1 aliphatic carbocycles. The second kappa shape index (κ2) is 11.7. The number of carbonyl (C=O) groups is 2. The normalized spacial score (nSPS) is 18.2. The van der Waals surface area contributed by atoms with Crippen molar-refractivity contribution in [3.63, 3.8) is 0 Å². The van der Waals surface area contributed by atoms with Crippen LogP contribution >= 0.6 is 0 Å². The molecular formula is C34H27F5N2O5. The van der Waals surface area contributed by atoms with Gasteiger partial charge in [-0.25, -0.2) is 8.78 Å². The molecule has 1 amide bonds. The minimum atomic E-state index is -4.87. The summed E-state index contributed by atoms with van der Waals surface area (Å²) in [5, 5.41) is 12.3. The number of aromatic nitrogens is 1. The lowest BCUT2D eigenvalue weighted by Crippen LogP contribution is -2.41. The highest BCUT2D eigenvalue weighted by Gasteiger charge is 2.36. The molecule has 238 valence electrons. The highest BCUT2D eigenvalue weighted by atomic mass is 19.4. The second-order valence-corrected chi connectivity index (χ2v) is 11.6. The maximum Gasteiger partial charge on any atom is 0.416 e. The number of fused-ring (bicyclic) bond motifs is 6. The number of halogens is 5. The largest absolute Gasteiger partial charge is 0.488 e. The molecule has 2 N–H and O–H groups in total. The number of carboxylic acids is 1. The van der Waals surface area contributed by atoms with E-state index in [4.69, 9.17) is 4.74 Å². The van der Waals surface area contributed by atoms with Crippen LogP contribution < -0.4 is 15.6 Å². The summed E-state index contributed by atoms with van der Waals surface area (Å²) >= 11 is 0. The molecule has 1 saturated carbocycles. The highest BCUT2D eigenvalue weighted by molar-refractivity contribution is 5.85. The Morgan fingerprint density at radius 3 is 2.41 bits per heavy atom. The van der Waals surface area contributed by atoms with Crippen LogP contribution in [0.3, 0.4) is 0 Å². The van der Waals surface area contributed by atoms with E-state index in [2.05, 4.69) is 5.32 Å². The number of hydrogen-bond donors (Lipinski definition) is 2. The minimum Gasteiger partial charge on any atom is -0.488 e. The fraction of sp³-hybridized carbons (Fsp3) is 0.265. The smallest absolute Gasteiger partial charge is 0.416 e. The van der Waals surface area contributed by atoms with Gasteiger partial charge < -0.3 is 15.2 Å².